The summed E-state index contributed by atoms with van der Waals surface area (Å²) in [5.74, 6) is -3.07. The lowest BCUT2D eigenvalue weighted by Gasteiger charge is -2.14. The smallest absolute Gasteiger partial charge is 0.326 e. The number of rotatable bonds is 9. The molecule has 14 heteroatoms. The molecule has 34 heavy (non-hydrogen) atoms. The number of carboxylic acids is 2. The fourth-order valence-corrected chi connectivity index (χ4v) is 2.88. The minimum atomic E-state index is -1.31. The zero-order chi connectivity index (χ0) is 23.3. The number of halogens is 2. The van der Waals surface area contributed by atoms with Gasteiger partial charge in [-0.15, -0.1) is 24.8 Å². The highest BCUT2D eigenvalue weighted by molar-refractivity contribution is 5.97. The molecule has 0 aliphatic rings. The molecule has 0 saturated heterocycles. The number of nitrogen functional groups attached to an aromatic ring is 1. The number of carbonyl (C=O) groups excluding carboxylic acids is 1. The first-order chi connectivity index (χ1) is 15.2. The Morgan fingerprint density at radius 2 is 1.71 bits per heavy atom. The van der Waals surface area contributed by atoms with Crippen molar-refractivity contribution in [3.05, 3.63) is 58.0 Å². The summed E-state index contributed by atoms with van der Waals surface area (Å²) in [6.45, 7) is 0.293. The largest absolute Gasteiger partial charge is 0.481 e. The second-order valence-electron chi connectivity index (χ2n) is 6.85. The Morgan fingerprint density at radius 3 is 2.32 bits per heavy atom. The lowest BCUT2D eigenvalue weighted by atomic mass is 10.1. The van der Waals surface area contributed by atoms with Crippen molar-refractivity contribution in [3.8, 4) is 0 Å². The molecule has 12 nitrogen and oxygen atoms in total. The second-order valence-corrected chi connectivity index (χ2v) is 6.85. The highest BCUT2D eigenvalue weighted by atomic mass is 35.5. The van der Waals surface area contributed by atoms with Crippen LogP contribution in [0.25, 0.3) is 11.0 Å². The van der Waals surface area contributed by atoms with Crippen molar-refractivity contribution in [1.82, 2.24) is 20.3 Å². The van der Waals surface area contributed by atoms with Crippen LogP contribution < -0.4 is 21.9 Å². The van der Waals surface area contributed by atoms with Crippen LogP contribution in [0.2, 0.25) is 0 Å². The van der Waals surface area contributed by atoms with Crippen molar-refractivity contribution in [2.24, 2.45) is 0 Å². The number of benzene rings is 1. The van der Waals surface area contributed by atoms with Gasteiger partial charge in [0.25, 0.3) is 11.5 Å². The van der Waals surface area contributed by atoms with Crippen LogP contribution >= 0.6 is 24.8 Å². The maximum atomic E-state index is 12.3. The van der Waals surface area contributed by atoms with Crippen LogP contribution in [-0.4, -0.2) is 49.1 Å². The van der Waals surface area contributed by atoms with Gasteiger partial charge in [0, 0.05) is 17.7 Å². The number of aliphatic carboxylic acids is 2. The number of nitrogens with two attached hydrogens (primary N) is 1. The quantitative estimate of drug-likeness (QED) is 0.243. The summed E-state index contributed by atoms with van der Waals surface area (Å²) in [4.78, 5) is 56.8. The number of amides is 1. The first kappa shape index (κ1) is 28.1. The van der Waals surface area contributed by atoms with E-state index in [0.717, 1.165) is 0 Å². The topological polar surface area (TPSA) is 200 Å². The van der Waals surface area contributed by atoms with Gasteiger partial charge < -0.3 is 26.6 Å². The summed E-state index contributed by atoms with van der Waals surface area (Å²) in [6, 6.07) is 8.28. The number of hydrogen-bond donors (Lipinski definition) is 6. The van der Waals surface area contributed by atoms with Crippen LogP contribution in [-0.2, 0) is 16.1 Å². The van der Waals surface area contributed by atoms with E-state index in [9.17, 15) is 19.2 Å². The predicted molar refractivity (Wildman–Crippen MR) is 129 cm³/mol. The van der Waals surface area contributed by atoms with Crippen molar-refractivity contribution in [2.45, 2.75) is 25.4 Å². The number of carbonyl (C=O) groups is 3. The molecule has 0 fully saturated rings. The molecule has 182 valence electrons. The van der Waals surface area contributed by atoms with E-state index < -0.39 is 29.4 Å². The van der Waals surface area contributed by atoms with Gasteiger partial charge in [-0.2, -0.15) is 0 Å². The first-order valence-corrected chi connectivity index (χ1v) is 9.48. The number of carboxylic acid groups (broad SMARTS) is 2. The molecular weight excluding hydrogens is 491 g/mol. The third kappa shape index (κ3) is 7.32. The molecule has 2 aromatic heterocycles. The first-order valence-electron chi connectivity index (χ1n) is 9.48. The summed E-state index contributed by atoms with van der Waals surface area (Å²) < 4.78 is 0. The molecule has 1 aromatic carbocycles. The van der Waals surface area contributed by atoms with Crippen LogP contribution in [0.5, 0.6) is 0 Å². The van der Waals surface area contributed by atoms with Crippen LogP contribution in [0.1, 0.15) is 28.9 Å². The number of H-pyrrole nitrogens is 1. The van der Waals surface area contributed by atoms with Crippen LogP contribution in [0.15, 0.2) is 41.2 Å². The number of aromatic amines is 1. The Hall–Kier alpha value is -3.90. The predicted octanol–water partition coefficient (Wildman–Crippen LogP) is 1.40. The molecule has 3 aromatic rings. The average molecular weight is 513 g/mol. The maximum absolute atomic E-state index is 12.3. The zero-order valence-corrected chi connectivity index (χ0v) is 19.1. The molecule has 0 aliphatic carbocycles. The molecule has 3 rings (SSSR count). The SMILES string of the molecule is Cl.Cl.Nc1nc2ccc(CNc3ccc(C(=O)N[C@@H](CCC(=O)O)C(=O)O)cc3)nc2c(=O)[nH]1. The highest BCUT2D eigenvalue weighted by Crippen LogP contribution is 2.13. The van der Waals surface area contributed by atoms with Gasteiger partial charge in [0.2, 0.25) is 5.95 Å². The van der Waals surface area contributed by atoms with Gasteiger partial charge in [0.05, 0.1) is 17.8 Å². The van der Waals surface area contributed by atoms with E-state index in [1.54, 1.807) is 24.3 Å². The number of nitrogens with zero attached hydrogens (tertiary/aromatic N) is 2. The van der Waals surface area contributed by atoms with Crippen molar-refractivity contribution < 1.29 is 24.6 Å². The van der Waals surface area contributed by atoms with E-state index in [1.165, 1.54) is 12.1 Å². The van der Waals surface area contributed by atoms with E-state index >= 15 is 0 Å². The van der Waals surface area contributed by atoms with Crippen LogP contribution in [0.4, 0.5) is 11.6 Å². The molecule has 0 unspecified atom stereocenters. The summed E-state index contributed by atoms with van der Waals surface area (Å²) in [5.41, 5.74) is 7.09. The van der Waals surface area contributed by atoms with Gasteiger partial charge in [-0.25, -0.2) is 14.8 Å². The number of fused-ring (bicyclic) bond motifs is 1. The normalized spacial score (nSPS) is 10.9. The fourth-order valence-electron chi connectivity index (χ4n) is 2.88. The second kappa shape index (κ2) is 12.4. The van der Waals surface area contributed by atoms with Crippen molar-refractivity contribution >= 4 is 65.3 Å². The standard InChI is InChI=1S/C20H20N6O6.2ClH/c21-20-25-13-6-5-12(23-16(13)18(30)26-20)9-22-11-3-1-10(2-4-11)17(29)24-14(19(31)32)7-8-15(27)28;;/h1-6,14,22H,7-9H2,(H,24,29)(H,27,28)(H,31,32)(H3,21,25,26,30);2*1H/t14-;;/m0../s1. The summed E-state index contributed by atoms with van der Waals surface area (Å²) >= 11 is 0. The van der Waals surface area contributed by atoms with E-state index in [4.69, 9.17) is 15.9 Å². The molecule has 0 spiro atoms. The number of nitrogens with one attached hydrogen (secondary N) is 3. The molecule has 1 atom stereocenters. The lowest BCUT2D eigenvalue weighted by Crippen LogP contribution is -2.41. The lowest BCUT2D eigenvalue weighted by molar-refractivity contribution is -0.140. The monoisotopic (exact) mass is 512 g/mol. The Morgan fingerprint density at radius 1 is 1.03 bits per heavy atom. The van der Waals surface area contributed by atoms with Gasteiger partial charge >= 0.3 is 11.9 Å². The van der Waals surface area contributed by atoms with Gasteiger partial charge in [0.15, 0.2) is 5.52 Å². The van der Waals surface area contributed by atoms with Crippen LogP contribution in [0, 0.1) is 0 Å². The minimum Gasteiger partial charge on any atom is -0.481 e. The van der Waals surface area contributed by atoms with Crippen LogP contribution in [0.3, 0.4) is 0 Å². The maximum Gasteiger partial charge on any atom is 0.326 e. The Bertz CT molecular complexity index is 1230. The zero-order valence-electron chi connectivity index (χ0n) is 17.5. The highest BCUT2D eigenvalue weighted by Gasteiger charge is 2.21. The molecule has 7 N–H and O–H groups in total. The van der Waals surface area contributed by atoms with Gasteiger partial charge in [-0.05, 0) is 42.8 Å². The molecule has 0 aliphatic heterocycles. The third-order valence-electron chi connectivity index (χ3n) is 4.50. The Kier molecular flexibility index (Phi) is 10.2. The van der Waals surface area contributed by atoms with E-state index in [2.05, 4.69) is 25.6 Å². The molecule has 0 saturated carbocycles. The number of hydrogen-bond acceptors (Lipinski definition) is 8. The van der Waals surface area contributed by atoms with Gasteiger partial charge in [0.1, 0.15) is 6.04 Å². The summed E-state index contributed by atoms with van der Waals surface area (Å²) in [7, 11) is 0. The molecule has 0 radical (unpaired) electrons. The summed E-state index contributed by atoms with van der Waals surface area (Å²) in [6.07, 6.45) is -0.599. The average Bonchev–Trinajstić information content (AvgIpc) is 2.75. The minimum absolute atomic E-state index is 0. The van der Waals surface area contributed by atoms with Crippen molar-refractivity contribution in [1.29, 1.82) is 0 Å². The summed E-state index contributed by atoms with van der Waals surface area (Å²) in [5, 5.41) is 23.3. The van der Waals surface area contributed by atoms with Crippen molar-refractivity contribution in [2.75, 3.05) is 11.1 Å². The van der Waals surface area contributed by atoms with E-state index in [-0.39, 0.29) is 54.7 Å². The van der Waals surface area contributed by atoms with E-state index in [0.29, 0.717) is 23.4 Å². The molecular formula is C20H22Cl2N6O6. The number of anilines is 2. The van der Waals surface area contributed by atoms with Gasteiger partial charge in [-0.1, -0.05) is 0 Å². The third-order valence-corrected chi connectivity index (χ3v) is 4.50. The number of pyridine rings is 1. The van der Waals surface area contributed by atoms with Crippen molar-refractivity contribution in [3.63, 3.8) is 0 Å². The number of aromatic nitrogens is 3. The Balaban J connectivity index is 0.00000289. The van der Waals surface area contributed by atoms with Gasteiger partial charge in [-0.3, -0.25) is 19.4 Å². The molecule has 1 amide bonds. The Labute approximate surface area is 204 Å². The fraction of sp³-hybridized carbons (Fsp3) is 0.200. The molecule has 0 bridgehead atoms. The molecule has 2 heterocycles. The van der Waals surface area contributed by atoms with E-state index in [1.807, 2.05) is 0 Å².